The van der Waals surface area contributed by atoms with E-state index in [9.17, 15) is 0 Å². The molecule has 0 aromatic carbocycles. The Morgan fingerprint density at radius 3 is 2.95 bits per heavy atom. The maximum Gasteiger partial charge on any atom is 0.0300 e. The van der Waals surface area contributed by atoms with E-state index in [-0.39, 0.29) is 0 Å². The zero-order valence-electron chi connectivity index (χ0n) is 12.7. The summed E-state index contributed by atoms with van der Waals surface area (Å²) in [6.07, 6.45) is 5.13. The van der Waals surface area contributed by atoms with Crippen LogP contribution >= 0.6 is 0 Å². The number of nitrogens with zero attached hydrogens (tertiary/aromatic N) is 2. The Labute approximate surface area is 117 Å². The normalized spacial score (nSPS) is 24.9. The maximum atomic E-state index is 4.18. The van der Waals surface area contributed by atoms with Gasteiger partial charge >= 0.3 is 0 Å². The van der Waals surface area contributed by atoms with Gasteiger partial charge in [0.25, 0.3) is 0 Å². The van der Waals surface area contributed by atoms with Gasteiger partial charge in [0.15, 0.2) is 0 Å². The van der Waals surface area contributed by atoms with E-state index in [1.165, 1.54) is 17.5 Å². The molecule has 1 aliphatic heterocycles. The Bertz CT molecular complexity index is 403. The summed E-state index contributed by atoms with van der Waals surface area (Å²) in [4.78, 5) is 6.78. The number of aromatic nitrogens is 1. The van der Waals surface area contributed by atoms with Crippen molar-refractivity contribution in [2.24, 2.45) is 5.92 Å². The molecule has 106 valence electrons. The number of aryl methyl sites for hydroxylation is 1. The number of hydrogen-bond acceptors (Lipinski definition) is 3. The summed E-state index contributed by atoms with van der Waals surface area (Å²) in [5.74, 6) is 0.760. The molecule has 0 amide bonds. The Kier molecular flexibility index (Phi) is 4.94. The van der Waals surface area contributed by atoms with Gasteiger partial charge in [-0.05, 0) is 43.4 Å². The van der Waals surface area contributed by atoms with Crippen LogP contribution in [0.1, 0.15) is 38.3 Å². The van der Waals surface area contributed by atoms with Crippen molar-refractivity contribution in [3.8, 4) is 0 Å². The van der Waals surface area contributed by atoms with Gasteiger partial charge in [0.1, 0.15) is 0 Å². The van der Waals surface area contributed by atoms with E-state index in [0.717, 1.165) is 25.6 Å². The van der Waals surface area contributed by atoms with Crippen molar-refractivity contribution in [1.82, 2.24) is 15.2 Å². The van der Waals surface area contributed by atoms with Gasteiger partial charge in [-0.3, -0.25) is 9.88 Å². The predicted octanol–water partition coefficient (Wildman–Crippen LogP) is 2.60. The lowest BCUT2D eigenvalue weighted by Crippen LogP contribution is -2.55. The van der Waals surface area contributed by atoms with E-state index in [1.807, 2.05) is 12.4 Å². The number of nitrogens with one attached hydrogen (secondary N) is 1. The second kappa shape index (κ2) is 6.49. The van der Waals surface area contributed by atoms with Gasteiger partial charge < -0.3 is 5.32 Å². The number of rotatable bonds is 4. The molecule has 3 nitrogen and oxygen atoms in total. The van der Waals surface area contributed by atoms with Gasteiger partial charge in [-0.2, -0.15) is 0 Å². The second-order valence-corrected chi connectivity index (χ2v) is 6.32. The average Bonchev–Trinajstić information content (AvgIpc) is 2.35. The molecule has 2 heterocycles. The zero-order valence-corrected chi connectivity index (χ0v) is 12.7. The number of hydrogen-bond donors (Lipinski definition) is 1. The van der Waals surface area contributed by atoms with Gasteiger partial charge in [0, 0.05) is 44.1 Å². The van der Waals surface area contributed by atoms with Crippen LogP contribution in [-0.4, -0.2) is 35.1 Å². The molecule has 0 aliphatic carbocycles. The third-order valence-corrected chi connectivity index (χ3v) is 4.05. The third kappa shape index (κ3) is 4.02. The van der Waals surface area contributed by atoms with Crippen LogP contribution in [0.25, 0.3) is 0 Å². The molecule has 0 radical (unpaired) electrons. The van der Waals surface area contributed by atoms with Crippen LogP contribution < -0.4 is 5.32 Å². The molecule has 1 N–H and O–H groups in total. The Hall–Kier alpha value is -0.930. The minimum atomic E-state index is 0.607. The fourth-order valence-corrected chi connectivity index (χ4v) is 2.84. The van der Waals surface area contributed by atoms with Gasteiger partial charge in [-0.25, -0.2) is 0 Å². The first kappa shape index (κ1) is 14.5. The molecule has 2 unspecified atom stereocenters. The van der Waals surface area contributed by atoms with E-state index in [4.69, 9.17) is 0 Å². The molecule has 1 saturated heterocycles. The van der Waals surface area contributed by atoms with E-state index in [1.54, 1.807) is 0 Å². The first-order valence-corrected chi connectivity index (χ1v) is 7.43. The van der Waals surface area contributed by atoms with Crippen LogP contribution in [0, 0.1) is 12.8 Å². The van der Waals surface area contributed by atoms with Crippen LogP contribution in [0.2, 0.25) is 0 Å². The third-order valence-electron chi connectivity index (χ3n) is 4.05. The zero-order chi connectivity index (χ0) is 13.8. The molecule has 1 aliphatic rings. The molecule has 3 heteroatoms. The molecule has 1 aromatic rings. The molecule has 19 heavy (non-hydrogen) atoms. The van der Waals surface area contributed by atoms with Gasteiger partial charge in [0.05, 0.1) is 0 Å². The molecule has 0 saturated carbocycles. The lowest BCUT2D eigenvalue weighted by Gasteiger charge is -2.39. The summed E-state index contributed by atoms with van der Waals surface area (Å²) in [5, 5.41) is 3.68. The molecule has 1 fully saturated rings. The summed E-state index contributed by atoms with van der Waals surface area (Å²) in [6, 6.07) is 3.40. The minimum Gasteiger partial charge on any atom is -0.311 e. The van der Waals surface area contributed by atoms with Gasteiger partial charge in [-0.1, -0.05) is 13.8 Å². The summed E-state index contributed by atoms with van der Waals surface area (Å²) in [6.45, 7) is 12.4. The highest BCUT2D eigenvalue weighted by atomic mass is 15.2. The summed E-state index contributed by atoms with van der Waals surface area (Å²) in [7, 11) is 0. The predicted molar refractivity (Wildman–Crippen MR) is 80.1 cm³/mol. The van der Waals surface area contributed by atoms with Crippen molar-refractivity contribution < 1.29 is 0 Å². The highest BCUT2D eigenvalue weighted by Gasteiger charge is 2.25. The van der Waals surface area contributed by atoms with Crippen LogP contribution in [-0.2, 0) is 6.54 Å². The highest BCUT2D eigenvalue weighted by molar-refractivity contribution is 5.21. The molecular weight excluding hydrogens is 234 g/mol. The first-order chi connectivity index (χ1) is 9.06. The molecule has 0 bridgehead atoms. The van der Waals surface area contributed by atoms with E-state index < -0.39 is 0 Å². The largest absolute Gasteiger partial charge is 0.311 e. The lowest BCUT2D eigenvalue weighted by atomic mass is 9.99. The Morgan fingerprint density at radius 1 is 1.47 bits per heavy atom. The summed E-state index contributed by atoms with van der Waals surface area (Å²) in [5.41, 5.74) is 2.71. The summed E-state index contributed by atoms with van der Waals surface area (Å²) < 4.78 is 0. The first-order valence-electron chi connectivity index (χ1n) is 7.43. The van der Waals surface area contributed by atoms with E-state index in [0.29, 0.717) is 12.1 Å². The SMILES string of the molecule is Cc1cnccc1CN1CC(CC(C)C)NCC1C. The second-order valence-electron chi connectivity index (χ2n) is 6.32. The molecule has 2 atom stereocenters. The quantitative estimate of drug-likeness (QED) is 0.903. The molecule has 0 spiro atoms. The fraction of sp³-hybridized carbons (Fsp3) is 0.688. The monoisotopic (exact) mass is 261 g/mol. The Balaban J connectivity index is 1.99. The van der Waals surface area contributed by atoms with Crippen molar-refractivity contribution >= 4 is 0 Å². The van der Waals surface area contributed by atoms with E-state index in [2.05, 4.69) is 49.0 Å². The van der Waals surface area contributed by atoms with Gasteiger partial charge in [-0.15, -0.1) is 0 Å². The number of piperazine rings is 1. The fourth-order valence-electron chi connectivity index (χ4n) is 2.84. The molecule has 1 aromatic heterocycles. The van der Waals surface area contributed by atoms with Crippen molar-refractivity contribution in [2.45, 2.75) is 52.7 Å². The van der Waals surface area contributed by atoms with Crippen LogP contribution in [0.15, 0.2) is 18.5 Å². The minimum absolute atomic E-state index is 0.607. The van der Waals surface area contributed by atoms with Crippen LogP contribution in [0.5, 0.6) is 0 Å². The Morgan fingerprint density at radius 2 is 2.26 bits per heavy atom. The van der Waals surface area contributed by atoms with E-state index >= 15 is 0 Å². The van der Waals surface area contributed by atoms with Crippen molar-refractivity contribution in [2.75, 3.05) is 13.1 Å². The average molecular weight is 261 g/mol. The topological polar surface area (TPSA) is 28.2 Å². The van der Waals surface area contributed by atoms with Gasteiger partial charge in [0.2, 0.25) is 0 Å². The lowest BCUT2D eigenvalue weighted by molar-refractivity contribution is 0.124. The maximum absolute atomic E-state index is 4.18. The van der Waals surface area contributed by atoms with Crippen molar-refractivity contribution in [3.05, 3.63) is 29.6 Å². The highest BCUT2D eigenvalue weighted by Crippen LogP contribution is 2.17. The smallest absolute Gasteiger partial charge is 0.0300 e. The van der Waals surface area contributed by atoms with Crippen LogP contribution in [0.3, 0.4) is 0 Å². The van der Waals surface area contributed by atoms with Crippen molar-refractivity contribution in [3.63, 3.8) is 0 Å². The number of pyridine rings is 1. The van der Waals surface area contributed by atoms with Crippen molar-refractivity contribution in [1.29, 1.82) is 0 Å². The van der Waals surface area contributed by atoms with Crippen LogP contribution in [0.4, 0.5) is 0 Å². The summed E-state index contributed by atoms with van der Waals surface area (Å²) >= 11 is 0. The molecular formula is C16H27N3. The standard InChI is InChI=1S/C16H27N3/c1-12(2)7-16-11-19(14(4)9-18-16)10-15-5-6-17-8-13(15)3/h5-6,8,12,14,16,18H,7,9-11H2,1-4H3. The molecule has 2 rings (SSSR count).